The Labute approximate surface area is 192 Å². The number of nitrogens with zero attached hydrogens (tertiary/aromatic N) is 5. The second-order valence-electron chi connectivity index (χ2n) is 7.01. The number of aromatic nitrogens is 5. The van der Waals surface area contributed by atoms with Gasteiger partial charge >= 0.3 is 6.18 Å². The lowest BCUT2D eigenvalue weighted by atomic mass is 10.2. The molecule has 3 aromatic rings. The Morgan fingerprint density at radius 3 is 2.32 bits per heavy atom. The van der Waals surface area contributed by atoms with Gasteiger partial charge in [0.2, 0.25) is 10.0 Å². The monoisotopic (exact) mass is 518 g/mol. The third-order valence-corrected chi connectivity index (χ3v) is 6.81. The van der Waals surface area contributed by atoms with Crippen LogP contribution in [0.25, 0.3) is 23.0 Å². The topological polar surface area (TPSA) is 154 Å². The fourth-order valence-electron chi connectivity index (χ4n) is 2.84. The van der Waals surface area contributed by atoms with E-state index in [0.29, 0.717) is 0 Å². The minimum atomic E-state index is -4.62. The van der Waals surface area contributed by atoms with Crippen molar-refractivity contribution in [1.82, 2.24) is 29.5 Å². The van der Waals surface area contributed by atoms with Crippen molar-refractivity contribution in [2.75, 3.05) is 12.0 Å². The Morgan fingerprint density at radius 2 is 1.74 bits per heavy atom. The van der Waals surface area contributed by atoms with Gasteiger partial charge in [0.1, 0.15) is 11.4 Å². The van der Waals surface area contributed by atoms with E-state index in [1.54, 1.807) is 4.72 Å². The number of hydrogen-bond acceptors (Lipinski definition) is 9. The summed E-state index contributed by atoms with van der Waals surface area (Å²) in [4.78, 5) is 19.6. The maximum Gasteiger partial charge on any atom is 0.416 e. The predicted octanol–water partition coefficient (Wildman–Crippen LogP) is 1.44. The molecule has 0 aromatic carbocycles. The minimum Gasteiger partial charge on any atom is -0.307 e. The van der Waals surface area contributed by atoms with Gasteiger partial charge < -0.3 is 4.57 Å². The molecule has 16 heteroatoms. The van der Waals surface area contributed by atoms with E-state index in [-0.39, 0.29) is 28.6 Å². The number of pyridine rings is 2. The second-order valence-corrected chi connectivity index (χ2v) is 11.0. The van der Waals surface area contributed by atoms with E-state index in [2.05, 4.69) is 20.2 Å². The van der Waals surface area contributed by atoms with Crippen molar-refractivity contribution >= 4 is 25.8 Å². The van der Waals surface area contributed by atoms with Crippen LogP contribution in [-0.4, -0.2) is 59.5 Å². The SMILES string of the molecule is CCS(=O)(=O)c1cc(C(=O)NS(C)(=O)=O)cnc1-c1nnc(-c2cc(C(F)(F)F)ccn2)n1C. The van der Waals surface area contributed by atoms with Crippen molar-refractivity contribution in [1.29, 1.82) is 0 Å². The molecule has 0 bridgehead atoms. The summed E-state index contributed by atoms with van der Waals surface area (Å²) in [5.41, 5.74) is -1.70. The molecule has 182 valence electrons. The Balaban J connectivity index is 2.16. The first-order valence-electron chi connectivity index (χ1n) is 9.32. The van der Waals surface area contributed by atoms with Gasteiger partial charge in [-0.1, -0.05) is 6.92 Å². The molecule has 0 fully saturated rings. The molecule has 34 heavy (non-hydrogen) atoms. The van der Waals surface area contributed by atoms with E-state index < -0.39 is 48.2 Å². The van der Waals surface area contributed by atoms with Gasteiger partial charge in [-0.05, 0) is 18.2 Å². The average molecular weight is 518 g/mol. The van der Waals surface area contributed by atoms with E-state index in [9.17, 15) is 34.8 Å². The van der Waals surface area contributed by atoms with Crippen molar-refractivity contribution in [3.05, 3.63) is 41.7 Å². The molecule has 0 saturated carbocycles. The molecule has 0 unspecified atom stereocenters. The van der Waals surface area contributed by atoms with Crippen molar-refractivity contribution in [3.63, 3.8) is 0 Å². The number of amides is 1. The number of hydrogen-bond donors (Lipinski definition) is 1. The summed E-state index contributed by atoms with van der Waals surface area (Å²) in [6.07, 6.45) is -1.97. The zero-order chi connectivity index (χ0) is 25.5. The van der Waals surface area contributed by atoms with Crippen LogP contribution in [0.3, 0.4) is 0 Å². The molecule has 3 heterocycles. The Bertz CT molecular complexity index is 1480. The van der Waals surface area contributed by atoms with Crippen LogP contribution in [-0.2, 0) is 33.1 Å². The maximum absolute atomic E-state index is 13.1. The summed E-state index contributed by atoms with van der Waals surface area (Å²) in [6.45, 7) is 1.34. The lowest BCUT2D eigenvalue weighted by Gasteiger charge is -2.11. The van der Waals surface area contributed by atoms with Gasteiger partial charge in [-0.25, -0.2) is 21.6 Å². The number of nitrogens with one attached hydrogen (secondary N) is 1. The quantitative estimate of drug-likeness (QED) is 0.510. The molecule has 1 amide bonds. The molecular weight excluding hydrogens is 501 g/mol. The molecule has 1 N–H and O–H groups in total. The number of halogens is 3. The largest absolute Gasteiger partial charge is 0.416 e. The maximum atomic E-state index is 13.1. The number of sulfone groups is 1. The second kappa shape index (κ2) is 8.75. The molecule has 11 nitrogen and oxygen atoms in total. The van der Waals surface area contributed by atoms with Crippen molar-refractivity contribution in [2.24, 2.45) is 7.05 Å². The van der Waals surface area contributed by atoms with Crippen LogP contribution in [0, 0.1) is 0 Å². The standard InChI is InChI=1S/C18H17F3N6O5S2/c1-4-34(31,32)13-7-10(17(28)26-33(3,29)30)9-23-14(13)16-25-24-15(27(16)2)12-8-11(5-6-22-12)18(19,20)21/h5-9H,4H2,1-3H3,(H,26,28). The van der Waals surface area contributed by atoms with Crippen molar-refractivity contribution < 1.29 is 34.8 Å². The van der Waals surface area contributed by atoms with Crippen molar-refractivity contribution in [3.8, 4) is 23.0 Å². The fraction of sp³-hybridized carbons (Fsp3) is 0.278. The lowest BCUT2D eigenvalue weighted by Crippen LogP contribution is -2.29. The summed E-state index contributed by atoms with van der Waals surface area (Å²) in [6, 6.07) is 2.50. The highest BCUT2D eigenvalue weighted by Crippen LogP contribution is 2.32. The van der Waals surface area contributed by atoms with Gasteiger partial charge in [0.15, 0.2) is 21.5 Å². The molecule has 3 aromatic heterocycles. The zero-order valence-corrected chi connectivity index (χ0v) is 19.5. The van der Waals surface area contributed by atoms with Crippen molar-refractivity contribution in [2.45, 2.75) is 18.0 Å². The first-order valence-corrected chi connectivity index (χ1v) is 12.9. The van der Waals surface area contributed by atoms with Gasteiger partial charge in [-0.3, -0.25) is 14.8 Å². The summed E-state index contributed by atoms with van der Waals surface area (Å²) in [7, 11) is -6.56. The summed E-state index contributed by atoms with van der Waals surface area (Å²) < 4.78 is 90.2. The minimum absolute atomic E-state index is 0.0957. The van der Waals surface area contributed by atoms with Gasteiger partial charge in [0.25, 0.3) is 5.91 Å². The van der Waals surface area contributed by atoms with Gasteiger partial charge in [0.05, 0.1) is 28.0 Å². The van der Waals surface area contributed by atoms with Crippen LogP contribution >= 0.6 is 0 Å². The van der Waals surface area contributed by atoms with E-state index in [1.807, 2.05) is 0 Å². The molecule has 0 radical (unpaired) electrons. The molecule has 3 rings (SSSR count). The molecule has 0 saturated heterocycles. The van der Waals surface area contributed by atoms with Crippen LogP contribution in [0.15, 0.2) is 35.5 Å². The highest BCUT2D eigenvalue weighted by molar-refractivity contribution is 7.91. The Morgan fingerprint density at radius 1 is 1.09 bits per heavy atom. The molecule has 0 aliphatic heterocycles. The number of sulfonamides is 1. The predicted molar refractivity (Wildman–Crippen MR) is 113 cm³/mol. The molecular formula is C18H17F3N6O5S2. The zero-order valence-electron chi connectivity index (χ0n) is 17.8. The number of rotatable bonds is 6. The molecule has 0 spiro atoms. The first kappa shape index (κ1) is 25.2. The number of carbonyl (C=O) groups is 1. The highest BCUT2D eigenvalue weighted by atomic mass is 32.2. The number of alkyl halides is 3. The van der Waals surface area contributed by atoms with Crippen LogP contribution in [0.1, 0.15) is 22.8 Å². The van der Waals surface area contributed by atoms with Gasteiger partial charge in [-0.2, -0.15) is 13.2 Å². The Kier molecular flexibility index (Phi) is 6.49. The highest BCUT2D eigenvalue weighted by Gasteiger charge is 2.32. The molecule has 0 atom stereocenters. The smallest absolute Gasteiger partial charge is 0.307 e. The van der Waals surface area contributed by atoms with Crippen LogP contribution < -0.4 is 4.72 Å². The van der Waals surface area contributed by atoms with Crippen LogP contribution in [0.5, 0.6) is 0 Å². The van der Waals surface area contributed by atoms with E-state index in [4.69, 9.17) is 0 Å². The van der Waals surface area contributed by atoms with Crippen LogP contribution in [0.4, 0.5) is 13.2 Å². The van der Waals surface area contributed by atoms with E-state index >= 15 is 0 Å². The summed E-state index contributed by atoms with van der Waals surface area (Å²) in [5.74, 6) is -1.71. The fourth-order valence-corrected chi connectivity index (χ4v) is 4.35. The van der Waals surface area contributed by atoms with E-state index in [1.165, 1.54) is 18.5 Å². The van der Waals surface area contributed by atoms with E-state index in [0.717, 1.165) is 36.8 Å². The third-order valence-electron chi connectivity index (χ3n) is 4.51. The Hall–Kier alpha value is -3.40. The first-order chi connectivity index (χ1) is 15.6. The number of carbonyl (C=O) groups excluding carboxylic acids is 1. The summed E-state index contributed by atoms with van der Waals surface area (Å²) >= 11 is 0. The average Bonchev–Trinajstić information content (AvgIpc) is 3.12. The lowest BCUT2D eigenvalue weighted by molar-refractivity contribution is -0.137. The molecule has 0 aliphatic rings. The van der Waals surface area contributed by atoms with Gasteiger partial charge in [-0.15, -0.1) is 10.2 Å². The molecule has 0 aliphatic carbocycles. The van der Waals surface area contributed by atoms with Crippen LogP contribution in [0.2, 0.25) is 0 Å². The van der Waals surface area contributed by atoms with Gasteiger partial charge in [0, 0.05) is 19.4 Å². The summed E-state index contributed by atoms with van der Waals surface area (Å²) in [5, 5.41) is 7.70. The third kappa shape index (κ3) is 5.22. The normalized spacial score (nSPS) is 12.5.